The zero-order valence-electron chi connectivity index (χ0n) is 13.5. The first-order valence-electron chi connectivity index (χ1n) is 9.00. The average Bonchev–Trinajstić information content (AvgIpc) is 2.76. The number of ketones is 2. The SMILES string of the molecule is C[C@@]12CCC(=O)C[C@@H]1CC[C@@H]1[C@H]3CCC(=O)[C@@]3(C)CC[C@@H]12. The number of hydrogen-bond donors (Lipinski definition) is 0. The van der Waals surface area contributed by atoms with Crippen LogP contribution in [0.3, 0.4) is 0 Å². The molecule has 0 spiro atoms. The molecular weight excluding hydrogens is 260 g/mol. The maximum absolute atomic E-state index is 12.4. The van der Waals surface area contributed by atoms with E-state index in [4.69, 9.17) is 0 Å². The van der Waals surface area contributed by atoms with Crippen LogP contribution in [0.5, 0.6) is 0 Å². The highest BCUT2D eigenvalue weighted by Crippen LogP contribution is 2.65. The Hall–Kier alpha value is -0.660. The van der Waals surface area contributed by atoms with Gasteiger partial charge in [-0.05, 0) is 67.6 Å². The van der Waals surface area contributed by atoms with Gasteiger partial charge in [0.25, 0.3) is 0 Å². The second-order valence-corrected chi connectivity index (χ2v) is 8.82. The number of fused-ring (bicyclic) bond motifs is 5. The van der Waals surface area contributed by atoms with Gasteiger partial charge in [0.05, 0.1) is 0 Å². The summed E-state index contributed by atoms with van der Waals surface area (Å²) >= 11 is 0. The van der Waals surface area contributed by atoms with Crippen molar-refractivity contribution in [2.24, 2.45) is 34.5 Å². The molecular formula is C19H28O2. The molecule has 0 aliphatic heterocycles. The first-order chi connectivity index (χ1) is 9.95. The fourth-order valence-corrected chi connectivity index (χ4v) is 6.82. The number of Topliss-reactive ketones (excluding diaryl/α,β-unsaturated/α-hetero) is 2. The molecule has 0 unspecified atom stereocenters. The lowest BCUT2D eigenvalue weighted by molar-refractivity contribution is -0.144. The topological polar surface area (TPSA) is 34.1 Å². The van der Waals surface area contributed by atoms with E-state index in [1.165, 1.54) is 19.3 Å². The maximum atomic E-state index is 12.4. The van der Waals surface area contributed by atoms with Crippen molar-refractivity contribution in [2.45, 2.75) is 71.6 Å². The zero-order chi connectivity index (χ0) is 14.8. The summed E-state index contributed by atoms with van der Waals surface area (Å²) in [5.41, 5.74) is 0.374. The molecule has 0 bridgehead atoms. The van der Waals surface area contributed by atoms with Crippen LogP contribution in [0.15, 0.2) is 0 Å². The van der Waals surface area contributed by atoms with Gasteiger partial charge in [-0.25, -0.2) is 0 Å². The van der Waals surface area contributed by atoms with Crippen molar-refractivity contribution in [1.29, 1.82) is 0 Å². The molecule has 0 N–H and O–H groups in total. The molecule has 0 amide bonds. The van der Waals surface area contributed by atoms with Gasteiger partial charge < -0.3 is 0 Å². The predicted molar refractivity (Wildman–Crippen MR) is 81.7 cm³/mol. The minimum absolute atomic E-state index is 0.00511. The van der Waals surface area contributed by atoms with Crippen molar-refractivity contribution in [1.82, 2.24) is 0 Å². The first-order valence-corrected chi connectivity index (χ1v) is 9.00. The van der Waals surface area contributed by atoms with Crippen molar-refractivity contribution < 1.29 is 9.59 Å². The fourth-order valence-electron chi connectivity index (χ4n) is 6.82. The van der Waals surface area contributed by atoms with E-state index >= 15 is 0 Å². The minimum Gasteiger partial charge on any atom is -0.300 e. The molecule has 0 aromatic heterocycles. The van der Waals surface area contributed by atoms with E-state index in [1.807, 2.05) is 0 Å². The summed E-state index contributed by atoms with van der Waals surface area (Å²) in [5.74, 6) is 3.82. The Kier molecular flexibility index (Phi) is 2.94. The highest BCUT2D eigenvalue weighted by molar-refractivity contribution is 5.87. The molecule has 21 heavy (non-hydrogen) atoms. The number of hydrogen-bond acceptors (Lipinski definition) is 2. The summed E-state index contributed by atoms with van der Waals surface area (Å²) in [4.78, 5) is 24.2. The lowest BCUT2D eigenvalue weighted by Gasteiger charge is -2.59. The number of carbonyl (C=O) groups excluding carboxylic acids is 2. The van der Waals surface area contributed by atoms with Crippen molar-refractivity contribution >= 4 is 11.6 Å². The van der Waals surface area contributed by atoms with Crippen LogP contribution in [0, 0.1) is 34.5 Å². The molecule has 4 rings (SSSR count). The molecule has 2 heteroatoms. The van der Waals surface area contributed by atoms with Crippen LogP contribution in [0.4, 0.5) is 0 Å². The Morgan fingerprint density at radius 3 is 2.52 bits per heavy atom. The van der Waals surface area contributed by atoms with E-state index in [0.717, 1.165) is 50.4 Å². The second kappa shape index (κ2) is 4.43. The van der Waals surface area contributed by atoms with E-state index in [9.17, 15) is 9.59 Å². The largest absolute Gasteiger partial charge is 0.300 e. The summed E-state index contributed by atoms with van der Waals surface area (Å²) in [6.45, 7) is 4.72. The Bertz CT molecular complexity index is 496. The molecule has 116 valence electrons. The minimum atomic E-state index is -0.00511. The van der Waals surface area contributed by atoms with Gasteiger partial charge in [-0.3, -0.25) is 9.59 Å². The lowest BCUT2D eigenvalue weighted by Crippen LogP contribution is -2.53. The fraction of sp³-hybridized carbons (Fsp3) is 0.895. The van der Waals surface area contributed by atoms with Gasteiger partial charge in [-0.1, -0.05) is 13.8 Å². The van der Waals surface area contributed by atoms with Gasteiger partial charge in [0.15, 0.2) is 0 Å². The van der Waals surface area contributed by atoms with Crippen LogP contribution in [0.1, 0.15) is 71.6 Å². The molecule has 0 aromatic rings. The second-order valence-electron chi connectivity index (χ2n) is 8.82. The van der Waals surface area contributed by atoms with Gasteiger partial charge in [0.2, 0.25) is 0 Å². The predicted octanol–water partition coefficient (Wildman–Crippen LogP) is 4.17. The molecule has 4 saturated carbocycles. The summed E-state index contributed by atoms with van der Waals surface area (Å²) in [7, 11) is 0. The van der Waals surface area contributed by atoms with E-state index < -0.39 is 0 Å². The van der Waals surface area contributed by atoms with Gasteiger partial charge in [0.1, 0.15) is 11.6 Å². The van der Waals surface area contributed by atoms with Crippen LogP contribution in [0.25, 0.3) is 0 Å². The number of carbonyl (C=O) groups is 2. The number of rotatable bonds is 0. The molecule has 0 radical (unpaired) electrons. The Labute approximate surface area is 128 Å². The third kappa shape index (κ3) is 1.77. The van der Waals surface area contributed by atoms with Crippen LogP contribution in [-0.4, -0.2) is 11.6 Å². The van der Waals surface area contributed by atoms with E-state index in [0.29, 0.717) is 28.8 Å². The Balaban J connectivity index is 1.65. The standard InChI is InChI=1S/C19H28O2/c1-18-9-7-13(20)11-12(18)3-4-14-15-5-6-17(21)19(15,2)10-8-16(14)18/h12,14-16H,3-11H2,1-2H3/t12-,14+,15+,16-,18+,19-/m0/s1. The quantitative estimate of drug-likeness (QED) is 0.670. The van der Waals surface area contributed by atoms with Gasteiger partial charge >= 0.3 is 0 Å². The van der Waals surface area contributed by atoms with E-state index in [1.54, 1.807) is 0 Å². The summed E-state index contributed by atoms with van der Waals surface area (Å²) in [6.07, 6.45) is 9.53. The van der Waals surface area contributed by atoms with Crippen molar-refractivity contribution in [3.8, 4) is 0 Å². The lowest BCUT2D eigenvalue weighted by atomic mass is 9.45. The monoisotopic (exact) mass is 288 g/mol. The Morgan fingerprint density at radius 2 is 1.71 bits per heavy atom. The van der Waals surface area contributed by atoms with E-state index in [-0.39, 0.29) is 5.41 Å². The molecule has 4 aliphatic carbocycles. The normalized spacial score (nSPS) is 53.0. The molecule has 0 heterocycles. The zero-order valence-corrected chi connectivity index (χ0v) is 13.5. The highest BCUT2D eigenvalue weighted by atomic mass is 16.1. The summed E-state index contributed by atoms with van der Waals surface area (Å²) in [5, 5.41) is 0. The van der Waals surface area contributed by atoms with Crippen LogP contribution in [0.2, 0.25) is 0 Å². The third-order valence-corrected chi connectivity index (χ3v) is 8.19. The van der Waals surface area contributed by atoms with E-state index in [2.05, 4.69) is 13.8 Å². The summed E-state index contributed by atoms with van der Waals surface area (Å²) < 4.78 is 0. The van der Waals surface area contributed by atoms with Crippen LogP contribution in [-0.2, 0) is 9.59 Å². The third-order valence-electron chi connectivity index (χ3n) is 8.19. The molecule has 0 aromatic carbocycles. The molecule has 0 saturated heterocycles. The Morgan fingerprint density at radius 1 is 0.905 bits per heavy atom. The average molecular weight is 288 g/mol. The van der Waals surface area contributed by atoms with Crippen molar-refractivity contribution in [3.05, 3.63) is 0 Å². The maximum Gasteiger partial charge on any atom is 0.139 e. The summed E-state index contributed by atoms with van der Waals surface area (Å²) in [6, 6.07) is 0. The van der Waals surface area contributed by atoms with Crippen LogP contribution >= 0.6 is 0 Å². The molecule has 6 atom stereocenters. The molecule has 4 fully saturated rings. The smallest absolute Gasteiger partial charge is 0.139 e. The highest BCUT2D eigenvalue weighted by Gasteiger charge is 2.60. The molecule has 4 aliphatic rings. The van der Waals surface area contributed by atoms with Gasteiger partial charge in [-0.15, -0.1) is 0 Å². The van der Waals surface area contributed by atoms with Gasteiger partial charge in [-0.2, -0.15) is 0 Å². The van der Waals surface area contributed by atoms with Crippen molar-refractivity contribution in [3.63, 3.8) is 0 Å². The van der Waals surface area contributed by atoms with Gasteiger partial charge in [0, 0.05) is 24.7 Å². The molecule has 2 nitrogen and oxygen atoms in total. The van der Waals surface area contributed by atoms with Crippen molar-refractivity contribution in [2.75, 3.05) is 0 Å². The van der Waals surface area contributed by atoms with Crippen LogP contribution < -0.4 is 0 Å². The first kappa shape index (κ1) is 14.0.